The number of sulfonamides is 1. The van der Waals surface area contributed by atoms with E-state index in [-0.39, 0.29) is 17.9 Å². The van der Waals surface area contributed by atoms with Gasteiger partial charge in [-0.2, -0.15) is 4.72 Å². The van der Waals surface area contributed by atoms with E-state index in [4.69, 9.17) is 0 Å². The molecule has 0 aliphatic rings. The molecular formula is C21H23N3O3S. The Hall–Kier alpha value is -2.90. The number of fused-ring (bicyclic) bond motifs is 1. The Morgan fingerprint density at radius 3 is 2.75 bits per heavy atom. The fraction of sp³-hybridized carbons (Fsp3) is 0.190. The summed E-state index contributed by atoms with van der Waals surface area (Å²) in [4.78, 5) is 15.9. The predicted molar refractivity (Wildman–Crippen MR) is 110 cm³/mol. The number of amides is 1. The minimum Gasteiger partial charge on any atom is -0.361 e. The van der Waals surface area contributed by atoms with Gasteiger partial charge in [-0.3, -0.25) is 4.79 Å². The van der Waals surface area contributed by atoms with Gasteiger partial charge in [0, 0.05) is 23.6 Å². The fourth-order valence-corrected chi connectivity index (χ4v) is 4.34. The van der Waals surface area contributed by atoms with Crippen LogP contribution in [0.15, 0.2) is 72.3 Å². The van der Waals surface area contributed by atoms with Crippen molar-refractivity contribution in [3.63, 3.8) is 0 Å². The van der Waals surface area contributed by atoms with E-state index >= 15 is 0 Å². The van der Waals surface area contributed by atoms with E-state index < -0.39 is 22.0 Å². The number of hydrogen-bond donors (Lipinski definition) is 3. The highest BCUT2D eigenvalue weighted by molar-refractivity contribution is 7.89. The number of carbonyl (C=O) groups is 1. The summed E-state index contributed by atoms with van der Waals surface area (Å²) in [7, 11) is -3.86. The zero-order chi connectivity index (χ0) is 20.1. The second-order valence-corrected chi connectivity index (χ2v) is 8.30. The number of H-pyrrole nitrogens is 1. The number of para-hydroxylation sites is 1. The van der Waals surface area contributed by atoms with Crippen molar-refractivity contribution in [3.8, 4) is 0 Å². The van der Waals surface area contributed by atoms with Crippen LogP contribution in [-0.2, 0) is 21.2 Å². The molecule has 146 valence electrons. The summed E-state index contributed by atoms with van der Waals surface area (Å²) in [6.07, 6.45) is 3.58. The molecule has 0 aliphatic carbocycles. The van der Waals surface area contributed by atoms with Gasteiger partial charge in [-0.25, -0.2) is 8.42 Å². The number of nitrogens with one attached hydrogen (secondary N) is 3. The second-order valence-electron chi connectivity index (χ2n) is 6.59. The standard InChI is InChI=1S/C21H23N3O3S/c1-3-11-22-21(25)20(13-16-14-23-19-10-5-4-9-18(16)19)24-28(26,27)17-8-6-7-15(2)12-17/h3-10,12,14,20,23-24H,1,11,13H2,2H3,(H,22,25)/t20-/m1/s1. The Kier molecular flexibility index (Phi) is 5.96. The van der Waals surface area contributed by atoms with E-state index in [0.717, 1.165) is 22.0 Å². The third-order valence-electron chi connectivity index (χ3n) is 4.43. The van der Waals surface area contributed by atoms with E-state index in [1.807, 2.05) is 37.3 Å². The maximum atomic E-state index is 12.8. The molecule has 0 spiro atoms. The van der Waals surface area contributed by atoms with E-state index in [2.05, 4.69) is 21.6 Å². The molecule has 1 amide bonds. The molecule has 7 heteroatoms. The average Bonchev–Trinajstić information content (AvgIpc) is 3.08. The van der Waals surface area contributed by atoms with Crippen molar-refractivity contribution < 1.29 is 13.2 Å². The van der Waals surface area contributed by atoms with Gasteiger partial charge in [-0.1, -0.05) is 36.4 Å². The third-order valence-corrected chi connectivity index (χ3v) is 5.90. The van der Waals surface area contributed by atoms with E-state index in [1.165, 1.54) is 6.07 Å². The second kappa shape index (κ2) is 8.41. The highest BCUT2D eigenvalue weighted by Gasteiger charge is 2.26. The van der Waals surface area contributed by atoms with E-state index in [9.17, 15) is 13.2 Å². The number of aromatic nitrogens is 1. The minimum absolute atomic E-state index is 0.132. The normalized spacial score (nSPS) is 12.6. The van der Waals surface area contributed by atoms with Crippen LogP contribution in [0.1, 0.15) is 11.1 Å². The van der Waals surface area contributed by atoms with Gasteiger partial charge in [-0.05, 0) is 42.7 Å². The highest BCUT2D eigenvalue weighted by atomic mass is 32.2. The lowest BCUT2D eigenvalue weighted by atomic mass is 10.1. The molecule has 0 fully saturated rings. The van der Waals surface area contributed by atoms with Crippen LogP contribution in [0.25, 0.3) is 10.9 Å². The molecule has 1 aromatic heterocycles. The molecule has 3 rings (SSSR count). The van der Waals surface area contributed by atoms with Gasteiger partial charge < -0.3 is 10.3 Å². The first-order valence-corrected chi connectivity index (χ1v) is 10.4. The van der Waals surface area contributed by atoms with Gasteiger partial charge in [0.15, 0.2) is 0 Å². The molecule has 3 aromatic rings. The van der Waals surface area contributed by atoms with Crippen LogP contribution in [0.3, 0.4) is 0 Å². The molecular weight excluding hydrogens is 374 g/mol. The molecule has 0 unspecified atom stereocenters. The first kappa shape index (κ1) is 19.9. The zero-order valence-electron chi connectivity index (χ0n) is 15.6. The summed E-state index contributed by atoms with van der Waals surface area (Å²) >= 11 is 0. The summed E-state index contributed by atoms with van der Waals surface area (Å²) in [5, 5.41) is 3.64. The minimum atomic E-state index is -3.86. The van der Waals surface area contributed by atoms with Crippen molar-refractivity contribution in [3.05, 3.63) is 78.5 Å². The molecule has 6 nitrogen and oxygen atoms in total. The Labute approximate surface area is 164 Å². The maximum absolute atomic E-state index is 12.8. The van der Waals surface area contributed by atoms with Gasteiger partial charge in [0.25, 0.3) is 0 Å². The van der Waals surface area contributed by atoms with Crippen molar-refractivity contribution in [1.29, 1.82) is 0 Å². The van der Waals surface area contributed by atoms with Crippen molar-refractivity contribution in [2.45, 2.75) is 24.3 Å². The topological polar surface area (TPSA) is 91.1 Å². The quantitative estimate of drug-likeness (QED) is 0.511. The summed E-state index contributed by atoms with van der Waals surface area (Å²) in [5.41, 5.74) is 2.62. The maximum Gasteiger partial charge on any atom is 0.241 e. The summed E-state index contributed by atoms with van der Waals surface area (Å²) in [6.45, 7) is 5.66. The van der Waals surface area contributed by atoms with Crippen molar-refractivity contribution in [2.75, 3.05) is 6.54 Å². The average molecular weight is 398 g/mol. The number of benzene rings is 2. The Morgan fingerprint density at radius 1 is 1.21 bits per heavy atom. The molecule has 0 saturated heterocycles. The smallest absolute Gasteiger partial charge is 0.241 e. The predicted octanol–water partition coefficient (Wildman–Crippen LogP) is 2.67. The lowest BCUT2D eigenvalue weighted by molar-refractivity contribution is -0.122. The zero-order valence-corrected chi connectivity index (χ0v) is 16.4. The van der Waals surface area contributed by atoms with Crippen LogP contribution >= 0.6 is 0 Å². The van der Waals surface area contributed by atoms with Gasteiger partial charge in [0.05, 0.1) is 4.90 Å². The van der Waals surface area contributed by atoms with Crippen LogP contribution in [0.4, 0.5) is 0 Å². The van der Waals surface area contributed by atoms with Gasteiger partial charge >= 0.3 is 0 Å². The Morgan fingerprint density at radius 2 is 2.00 bits per heavy atom. The van der Waals surface area contributed by atoms with Crippen LogP contribution < -0.4 is 10.0 Å². The highest BCUT2D eigenvalue weighted by Crippen LogP contribution is 2.20. The van der Waals surface area contributed by atoms with E-state index in [1.54, 1.807) is 24.4 Å². The fourth-order valence-electron chi connectivity index (χ4n) is 3.04. The molecule has 1 atom stereocenters. The van der Waals surface area contributed by atoms with Gasteiger partial charge in [0.1, 0.15) is 6.04 Å². The van der Waals surface area contributed by atoms with Crippen LogP contribution in [0.5, 0.6) is 0 Å². The van der Waals surface area contributed by atoms with E-state index in [0.29, 0.717) is 0 Å². The molecule has 0 radical (unpaired) electrons. The monoisotopic (exact) mass is 397 g/mol. The number of carbonyl (C=O) groups excluding carboxylic acids is 1. The van der Waals surface area contributed by atoms with Crippen molar-refractivity contribution in [2.24, 2.45) is 0 Å². The number of aromatic amines is 1. The molecule has 0 saturated carbocycles. The molecule has 28 heavy (non-hydrogen) atoms. The Bertz CT molecular complexity index is 1100. The summed E-state index contributed by atoms with van der Waals surface area (Å²) in [6, 6.07) is 13.3. The lowest BCUT2D eigenvalue weighted by Gasteiger charge is -2.18. The Balaban J connectivity index is 1.90. The van der Waals surface area contributed by atoms with Gasteiger partial charge in [-0.15, -0.1) is 6.58 Å². The van der Waals surface area contributed by atoms with Crippen LogP contribution in [0.2, 0.25) is 0 Å². The summed E-state index contributed by atoms with van der Waals surface area (Å²) < 4.78 is 28.3. The van der Waals surface area contributed by atoms with Crippen LogP contribution in [0, 0.1) is 6.92 Å². The van der Waals surface area contributed by atoms with Crippen molar-refractivity contribution >= 4 is 26.8 Å². The molecule has 1 heterocycles. The number of hydrogen-bond acceptors (Lipinski definition) is 3. The first-order valence-electron chi connectivity index (χ1n) is 8.93. The first-order chi connectivity index (χ1) is 13.4. The third kappa shape index (κ3) is 4.49. The largest absolute Gasteiger partial charge is 0.361 e. The summed E-state index contributed by atoms with van der Waals surface area (Å²) in [5.74, 6) is -0.401. The molecule has 0 aliphatic heterocycles. The lowest BCUT2D eigenvalue weighted by Crippen LogP contribution is -2.48. The molecule has 3 N–H and O–H groups in total. The number of aryl methyl sites for hydroxylation is 1. The molecule has 2 aromatic carbocycles. The van der Waals surface area contributed by atoms with Crippen molar-refractivity contribution in [1.82, 2.24) is 15.0 Å². The number of rotatable bonds is 8. The van der Waals surface area contributed by atoms with Crippen LogP contribution in [-0.4, -0.2) is 31.9 Å². The SMILES string of the molecule is C=CCNC(=O)[C@@H](Cc1c[nH]c2ccccc12)NS(=O)(=O)c1cccc(C)c1. The molecule has 0 bridgehead atoms. The van der Waals surface area contributed by atoms with Gasteiger partial charge in [0.2, 0.25) is 15.9 Å².